The highest BCUT2D eigenvalue weighted by molar-refractivity contribution is 5.72. The van der Waals surface area contributed by atoms with E-state index in [-0.39, 0.29) is 22.3 Å². The lowest BCUT2D eigenvalue weighted by molar-refractivity contribution is -0.187. The number of hydrogen-bond acceptors (Lipinski definition) is 1. The number of alkyl halides is 5. The highest BCUT2D eigenvalue weighted by Crippen LogP contribution is 2.38. The molecule has 0 bridgehead atoms. The van der Waals surface area contributed by atoms with Gasteiger partial charge in [-0.15, -0.1) is 0 Å². The molecule has 1 nitrogen and oxygen atoms in total. The Balaban J connectivity index is 1.30. The normalized spacial score (nSPS) is 11.9. The number of unbranched alkanes of at least 4 members (excludes halogenated alkanes) is 2. The Kier molecular flexibility index (Phi) is 9.51. The maximum Gasteiger partial charge on any atom is 0.429 e. The van der Waals surface area contributed by atoms with E-state index in [4.69, 9.17) is 4.74 Å². The molecule has 0 N–H and O–H groups in total. The van der Waals surface area contributed by atoms with Gasteiger partial charge in [-0.3, -0.25) is 0 Å². The molecule has 0 radical (unpaired) electrons. The molecule has 238 valence electrons. The first-order valence-corrected chi connectivity index (χ1v) is 14.6. The van der Waals surface area contributed by atoms with Crippen molar-refractivity contribution in [1.29, 1.82) is 0 Å². The van der Waals surface area contributed by atoms with E-state index in [2.05, 4.69) is 6.92 Å². The quantitative estimate of drug-likeness (QED) is 0.109. The third-order valence-electron chi connectivity index (χ3n) is 7.63. The van der Waals surface area contributed by atoms with Gasteiger partial charge in [0, 0.05) is 17.2 Å². The second kappa shape index (κ2) is 13.4. The number of hydrogen-bond donors (Lipinski definition) is 0. The monoisotopic (exact) mass is 640 g/mol. The summed E-state index contributed by atoms with van der Waals surface area (Å²) in [6.07, 6.45) is -4.49. The van der Waals surface area contributed by atoms with Crippen molar-refractivity contribution in [3.8, 4) is 39.1 Å². The average Bonchev–Trinajstić information content (AvgIpc) is 3.01. The molecule has 0 saturated carbocycles. The van der Waals surface area contributed by atoms with Gasteiger partial charge in [0.25, 0.3) is 0 Å². The molecule has 0 heterocycles. The van der Waals surface area contributed by atoms with Crippen molar-refractivity contribution in [3.05, 3.63) is 137 Å². The van der Waals surface area contributed by atoms with E-state index in [1.807, 2.05) is 24.3 Å². The van der Waals surface area contributed by atoms with Crippen LogP contribution in [0.4, 0.5) is 35.1 Å². The lowest BCUT2D eigenvalue weighted by Crippen LogP contribution is -2.23. The van der Waals surface area contributed by atoms with Crippen LogP contribution in [0.2, 0.25) is 0 Å². The van der Waals surface area contributed by atoms with Crippen LogP contribution < -0.4 is 4.74 Å². The van der Waals surface area contributed by atoms with Crippen molar-refractivity contribution in [2.45, 2.75) is 44.9 Å². The molecule has 0 unspecified atom stereocenters. The summed E-state index contributed by atoms with van der Waals surface area (Å²) in [5, 5.41) is 0. The van der Waals surface area contributed by atoms with Gasteiger partial charge in [0.1, 0.15) is 23.2 Å². The van der Waals surface area contributed by atoms with Crippen LogP contribution in [0.1, 0.15) is 42.9 Å². The van der Waals surface area contributed by atoms with E-state index in [0.29, 0.717) is 17.2 Å². The fourth-order valence-corrected chi connectivity index (χ4v) is 5.13. The predicted octanol–water partition coefficient (Wildman–Crippen LogP) is 12.0. The molecule has 0 saturated heterocycles. The Labute approximate surface area is 261 Å². The number of halogens is 8. The van der Waals surface area contributed by atoms with Crippen molar-refractivity contribution in [1.82, 2.24) is 0 Å². The van der Waals surface area contributed by atoms with E-state index in [0.717, 1.165) is 85.8 Å². The van der Waals surface area contributed by atoms with E-state index in [9.17, 15) is 22.0 Å². The SMILES string of the molecule is CCCCCc1ccc(-c2ccc(C(F)(F)Oc3ccc(-c4ccc(-c5ccc(C(F)(F)F)cc5)c(F)c4)c(F)c3)c(F)c2)cc1. The summed E-state index contributed by atoms with van der Waals surface area (Å²) in [4.78, 5) is 0. The largest absolute Gasteiger partial charge is 0.429 e. The standard InChI is InChI=1S/C37H28F8O/c1-2-3-4-5-23-6-8-24(9-7-23)26-13-19-32(35(40)20-26)37(44,45)46-29-16-18-31(34(39)22-29)27-12-17-30(33(38)21-27)25-10-14-28(15-11-25)36(41,42)43/h6-22H,2-5H2,1H3. The fourth-order valence-electron chi connectivity index (χ4n) is 5.13. The van der Waals surface area contributed by atoms with Crippen LogP contribution in [0, 0.1) is 17.5 Å². The minimum absolute atomic E-state index is 0.00931. The van der Waals surface area contributed by atoms with E-state index >= 15 is 13.2 Å². The molecule has 0 aliphatic carbocycles. The summed E-state index contributed by atoms with van der Waals surface area (Å²) in [7, 11) is 0. The molecule has 0 fully saturated rings. The Hall–Kier alpha value is -4.66. The van der Waals surface area contributed by atoms with Crippen molar-refractivity contribution in [3.63, 3.8) is 0 Å². The molecule has 5 aromatic carbocycles. The van der Waals surface area contributed by atoms with Gasteiger partial charge in [-0.1, -0.05) is 74.4 Å². The number of aryl methyl sites for hydroxylation is 1. The second-order valence-corrected chi connectivity index (χ2v) is 10.9. The molecule has 46 heavy (non-hydrogen) atoms. The smallest absolute Gasteiger partial charge is 0.429 e. The second-order valence-electron chi connectivity index (χ2n) is 10.9. The van der Waals surface area contributed by atoms with Gasteiger partial charge in [-0.25, -0.2) is 13.2 Å². The highest BCUT2D eigenvalue weighted by Gasteiger charge is 2.38. The Morgan fingerprint density at radius 2 is 1.11 bits per heavy atom. The minimum atomic E-state index is -4.54. The van der Waals surface area contributed by atoms with E-state index in [1.54, 1.807) is 0 Å². The molecule has 0 spiro atoms. The zero-order chi connectivity index (χ0) is 33.1. The molecule has 0 amide bonds. The molecule has 0 aliphatic rings. The number of ether oxygens (including phenoxy) is 1. The molecule has 0 aromatic heterocycles. The van der Waals surface area contributed by atoms with Crippen LogP contribution in [0.25, 0.3) is 33.4 Å². The summed E-state index contributed by atoms with van der Waals surface area (Å²) in [5.74, 6) is -3.63. The number of rotatable bonds is 10. The lowest BCUT2D eigenvalue weighted by atomic mass is 9.98. The van der Waals surface area contributed by atoms with Gasteiger partial charge >= 0.3 is 12.3 Å². The summed E-state index contributed by atoms with van der Waals surface area (Å²) in [6, 6.07) is 21.1. The van der Waals surface area contributed by atoms with Crippen molar-refractivity contribution in [2.75, 3.05) is 0 Å². The summed E-state index contributed by atoms with van der Waals surface area (Å²) in [5.41, 5.74) is 0.372. The molecule has 0 aliphatic heterocycles. The summed E-state index contributed by atoms with van der Waals surface area (Å²) < 4.78 is 118. The molecule has 5 rings (SSSR count). The van der Waals surface area contributed by atoms with Crippen molar-refractivity contribution < 1.29 is 39.9 Å². The zero-order valence-corrected chi connectivity index (χ0v) is 24.6. The van der Waals surface area contributed by atoms with Crippen LogP contribution in [-0.4, -0.2) is 0 Å². The Morgan fingerprint density at radius 3 is 1.72 bits per heavy atom. The highest BCUT2D eigenvalue weighted by atomic mass is 19.4. The van der Waals surface area contributed by atoms with Gasteiger partial charge in [-0.2, -0.15) is 22.0 Å². The van der Waals surface area contributed by atoms with Crippen LogP contribution in [0.3, 0.4) is 0 Å². The molecule has 5 aromatic rings. The third kappa shape index (κ3) is 7.41. The Bertz CT molecular complexity index is 1810. The topological polar surface area (TPSA) is 9.23 Å². The van der Waals surface area contributed by atoms with Gasteiger partial charge in [0.15, 0.2) is 0 Å². The minimum Gasteiger partial charge on any atom is -0.429 e. The van der Waals surface area contributed by atoms with E-state index in [1.165, 1.54) is 18.2 Å². The van der Waals surface area contributed by atoms with Gasteiger partial charge in [-0.05, 0) is 83.1 Å². The predicted molar refractivity (Wildman–Crippen MR) is 162 cm³/mol. The van der Waals surface area contributed by atoms with Crippen LogP contribution in [0.15, 0.2) is 103 Å². The van der Waals surface area contributed by atoms with Crippen LogP contribution >= 0.6 is 0 Å². The third-order valence-corrected chi connectivity index (χ3v) is 7.63. The summed E-state index contributed by atoms with van der Waals surface area (Å²) >= 11 is 0. The fraction of sp³-hybridized carbons (Fsp3) is 0.189. The van der Waals surface area contributed by atoms with Crippen LogP contribution in [0.5, 0.6) is 5.75 Å². The average molecular weight is 641 g/mol. The van der Waals surface area contributed by atoms with Gasteiger partial charge < -0.3 is 4.74 Å². The summed E-state index contributed by atoms with van der Waals surface area (Å²) in [6.45, 7) is 2.12. The molecule has 0 atom stereocenters. The van der Waals surface area contributed by atoms with Crippen LogP contribution in [-0.2, 0) is 18.7 Å². The van der Waals surface area contributed by atoms with Crippen molar-refractivity contribution >= 4 is 0 Å². The maximum atomic E-state index is 15.0. The maximum absolute atomic E-state index is 15.0. The molecular weight excluding hydrogens is 612 g/mol. The van der Waals surface area contributed by atoms with Crippen molar-refractivity contribution in [2.24, 2.45) is 0 Å². The lowest BCUT2D eigenvalue weighted by Gasteiger charge is -2.20. The van der Waals surface area contributed by atoms with E-state index < -0.39 is 46.6 Å². The van der Waals surface area contributed by atoms with Gasteiger partial charge in [0.2, 0.25) is 0 Å². The van der Waals surface area contributed by atoms with Gasteiger partial charge in [0.05, 0.1) is 11.1 Å². The Morgan fingerprint density at radius 1 is 0.543 bits per heavy atom. The molecule has 9 heteroatoms. The number of benzene rings is 5. The first-order chi connectivity index (χ1) is 21.9. The molecular formula is C37H28F8O. The zero-order valence-electron chi connectivity index (χ0n) is 24.6. The first-order valence-electron chi connectivity index (χ1n) is 14.6. The first kappa shape index (κ1) is 32.7.